The van der Waals surface area contributed by atoms with Crippen LogP contribution in [0.3, 0.4) is 0 Å². The summed E-state index contributed by atoms with van der Waals surface area (Å²) < 4.78 is 11.0. The molecule has 1 aromatic heterocycles. The molecule has 1 N–H and O–H groups in total. The number of halogens is 1. The Labute approximate surface area is 134 Å². The monoisotopic (exact) mass is 320 g/mol. The summed E-state index contributed by atoms with van der Waals surface area (Å²) in [7, 11) is 1.59. The maximum absolute atomic E-state index is 12.0. The average Bonchev–Trinajstić information content (AvgIpc) is 2.53. The second kappa shape index (κ2) is 7.66. The van der Waals surface area contributed by atoms with Crippen molar-refractivity contribution >= 4 is 17.5 Å². The van der Waals surface area contributed by atoms with E-state index in [0.29, 0.717) is 23.6 Å². The topological polar surface area (TPSA) is 60.5 Å². The van der Waals surface area contributed by atoms with Crippen LogP contribution in [-0.2, 0) is 0 Å². The van der Waals surface area contributed by atoms with E-state index in [0.717, 1.165) is 0 Å². The molecular formula is C16H17ClN2O3. The average molecular weight is 321 g/mol. The number of nitrogens with zero attached hydrogens (tertiary/aromatic N) is 1. The zero-order chi connectivity index (χ0) is 15.9. The van der Waals surface area contributed by atoms with Gasteiger partial charge >= 0.3 is 0 Å². The number of pyridine rings is 1. The fourth-order valence-electron chi connectivity index (χ4n) is 1.86. The van der Waals surface area contributed by atoms with E-state index >= 15 is 0 Å². The molecule has 1 amide bonds. The molecule has 0 aliphatic rings. The number of benzene rings is 1. The number of aromatic nitrogens is 1. The Kier molecular flexibility index (Phi) is 5.61. The van der Waals surface area contributed by atoms with Crippen LogP contribution in [0.2, 0.25) is 5.15 Å². The molecule has 1 heterocycles. The van der Waals surface area contributed by atoms with Crippen molar-refractivity contribution in [1.82, 2.24) is 10.3 Å². The maximum atomic E-state index is 12.0. The van der Waals surface area contributed by atoms with Crippen LogP contribution < -0.4 is 14.8 Å². The Bertz CT molecular complexity index is 649. The second-order valence-corrected chi connectivity index (χ2v) is 5.04. The van der Waals surface area contributed by atoms with Gasteiger partial charge < -0.3 is 14.8 Å². The molecule has 1 atom stereocenters. The van der Waals surface area contributed by atoms with Crippen LogP contribution in [0, 0.1) is 0 Å². The van der Waals surface area contributed by atoms with E-state index in [-0.39, 0.29) is 17.2 Å². The number of ether oxygens (including phenoxy) is 2. The zero-order valence-corrected chi connectivity index (χ0v) is 13.1. The summed E-state index contributed by atoms with van der Waals surface area (Å²) in [4.78, 5) is 15.8. The van der Waals surface area contributed by atoms with Crippen molar-refractivity contribution in [3.05, 3.63) is 53.3 Å². The normalized spacial score (nSPS) is 11.6. The number of hydrogen-bond donors (Lipinski definition) is 1. The van der Waals surface area contributed by atoms with Crippen LogP contribution >= 0.6 is 11.6 Å². The van der Waals surface area contributed by atoms with Crippen LogP contribution in [-0.4, -0.2) is 30.6 Å². The predicted molar refractivity (Wildman–Crippen MR) is 84.7 cm³/mol. The Hall–Kier alpha value is -2.27. The molecule has 0 fully saturated rings. The van der Waals surface area contributed by atoms with E-state index in [4.69, 9.17) is 21.1 Å². The largest absolute Gasteiger partial charge is 0.493 e. The lowest BCUT2D eigenvalue weighted by Crippen LogP contribution is -2.33. The molecule has 0 radical (unpaired) electrons. The summed E-state index contributed by atoms with van der Waals surface area (Å²) in [5.74, 6) is 1.07. The fourth-order valence-corrected chi connectivity index (χ4v) is 2.03. The highest BCUT2D eigenvalue weighted by Crippen LogP contribution is 2.26. The van der Waals surface area contributed by atoms with Crippen molar-refractivity contribution in [3.63, 3.8) is 0 Å². The number of amides is 1. The van der Waals surface area contributed by atoms with Gasteiger partial charge in [0.15, 0.2) is 11.5 Å². The molecule has 6 heteroatoms. The van der Waals surface area contributed by atoms with Crippen molar-refractivity contribution in [2.24, 2.45) is 0 Å². The van der Waals surface area contributed by atoms with Gasteiger partial charge in [0.2, 0.25) is 0 Å². The number of hydrogen-bond acceptors (Lipinski definition) is 4. The molecule has 1 aromatic carbocycles. The molecule has 0 spiro atoms. The third-order valence-corrected chi connectivity index (χ3v) is 3.14. The molecular weight excluding hydrogens is 304 g/mol. The van der Waals surface area contributed by atoms with Gasteiger partial charge in [-0.1, -0.05) is 23.7 Å². The minimum absolute atomic E-state index is 0.211. The summed E-state index contributed by atoms with van der Waals surface area (Å²) in [5, 5.41) is 3.08. The first-order valence-electron chi connectivity index (χ1n) is 6.79. The number of rotatable bonds is 6. The molecule has 0 saturated heterocycles. The van der Waals surface area contributed by atoms with Gasteiger partial charge in [-0.25, -0.2) is 4.98 Å². The first kappa shape index (κ1) is 16.1. The molecule has 0 bridgehead atoms. The van der Waals surface area contributed by atoms with Gasteiger partial charge in [0.1, 0.15) is 11.3 Å². The Morgan fingerprint density at radius 2 is 2.05 bits per heavy atom. The van der Waals surface area contributed by atoms with E-state index in [1.807, 2.05) is 31.2 Å². The number of carbonyl (C=O) groups is 1. The molecule has 2 aromatic rings. The van der Waals surface area contributed by atoms with E-state index in [2.05, 4.69) is 10.3 Å². The van der Waals surface area contributed by atoms with Gasteiger partial charge in [0, 0.05) is 11.8 Å². The van der Waals surface area contributed by atoms with Crippen LogP contribution in [0.1, 0.15) is 17.3 Å². The lowest BCUT2D eigenvalue weighted by Gasteiger charge is -2.17. The molecule has 22 heavy (non-hydrogen) atoms. The van der Waals surface area contributed by atoms with Crippen LogP contribution in [0.4, 0.5) is 0 Å². The lowest BCUT2D eigenvalue weighted by atomic mass is 10.2. The van der Waals surface area contributed by atoms with Gasteiger partial charge in [-0.3, -0.25) is 4.79 Å². The molecule has 0 aliphatic heterocycles. The van der Waals surface area contributed by atoms with E-state index < -0.39 is 0 Å². The minimum Gasteiger partial charge on any atom is -0.493 e. The Morgan fingerprint density at radius 1 is 1.32 bits per heavy atom. The zero-order valence-electron chi connectivity index (χ0n) is 12.4. The highest BCUT2D eigenvalue weighted by Gasteiger charge is 2.11. The first-order valence-corrected chi connectivity index (χ1v) is 7.17. The quantitative estimate of drug-likeness (QED) is 0.831. The Balaban J connectivity index is 1.90. The first-order chi connectivity index (χ1) is 10.6. The summed E-state index contributed by atoms with van der Waals surface area (Å²) in [6, 6.07) is 10.5. The summed E-state index contributed by atoms with van der Waals surface area (Å²) in [6.07, 6.45) is 1.28. The third kappa shape index (κ3) is 4.36. The van der Waals surface area contributed by atoms with Gasteiger partial charge in [-0.05, 0) is 31.2 Å². The number of nitrogens with one attached hydrogen (secondary N) is 1. The van der Waals surface area contributed by atoms with Crippen molar-refractivity contribution in [3.8, 4) is 11.5 Å². The van der Waals surface area contributed by atoms with Crippen molar-refractivity contribution < 1.29 is 14.3 Å². The van der Waals surface area contributed by atoms with Crippen LogP contribution in [0.5, 0.6) is 11.5 Å². The fraction of sp³-hybridized carbons (Fsp3) is 0.250. The molecule has 2 rings (SSSR count). The SMILES string of the molecule is COc1ccccc1OC(C)CNC(=O)c1ccnc(Cl)c1. The highest BCUT2D eigenvalue weighted by molar-refractivity contribution is 6.29. The van der Waals surface area contributed by atoms with Crippen molar-refractivity contribution in [1.29, 1.82) is 0 Å². The van der Waals surface area contributed by atoms with Crippen LogP contribution in [0.15, 0.2) is 42.6 Å². The summed E-state index contributed by atoms with van der Waals surface area (Å²) in [5.41, 5.74) is 0.462. The van der Waals surface area contributed by atoms with E-state index in [1.165, 1.54) is 12.3 Å². The molecule has 5 nitrogen and oxygen atoms in total. The number of methoxy groups -OCH3 is 1. The van der Waals surface area contributed by atoms with Crippen LogP contribution in [0.25, 0.3) is 0 Å². The number of para-hydroxylation sites is 2. The number of carbonyl (C=O) groups excluding carboxylic acids is 1. The Morgan fingerprint density at radius 3 is 2.73 bits per heavy atom. The minimum atomic E-state index is -0.222. The van der Waals surface area contributed by atoms with Gasteiger partial charge in [-0.15, -0.1) is 0 Å². The summed E-state index contributed by atoms with van der Waals surface area (Å²) >= 11 is 5.76. The predicted octanol–water partition coefficient (Wildman–Crippen LogP) is 2.94. The molecule has 116 valence electrons. The van der Waals surface area contributed by atoms with Gasteiger partial charge in [0.25, 0.3) is 5.91 Å². The van der Waals surface area contributed by atoms with E-state index in [9.17, 15) is 4.79 Å². The smallest absolute Gasteiger partial charge is 0.251 e. The van der Waals surface area contributed by atoms with Gasteiger partial charge in [0.05, 0.1) is 13.7 Å². The third-order valence-electron chi connectivity index (χ3n) is 2.94. The van der Waals surface area contributed by atoms with E-state index in [1.54, 1.807) is 13.2 Å². The molecule has 1 unspecified atom stereocenters. The summed E-state index contributed by atoms with van der Waals surface area (Å²) in [6.45, 7) is 2.23. The van der Waals surface area contributed by atoms with Gasteiger partial charge in [-0.2, -0.15) is 0 Å². The lowest BCUT2D eigenvalue weighted by molar-refractivity contribution is 0.0931. The molecule has 0 aliphatic carbocycles. The highest BCUT2D eigenvalue weighted by atomic mass is 35.5. The van der Waals surface area contributed by atoms with Crippen molar-refractivity contribution in [2.75, 3.05) is 13.7 Å². The maximum Gasteiger partial charge on any atom is 0.251 e. The molecule has 0 saturated carbocycles. The van der Waals surface area contributed by atoms with Crippen molar-refractivity contribution in [2.45, 2.75) is 13.0 Å². The second-order valence-electron chi connectivity index (χ2n) is 4.66. The standard InChI is InChI=1S/C16H17ClN2O3/c1-11(22-14-6-4-3-5-13(14)21-2)10-19-16(20)12-7-8-18-15(17)9-12/h3-9,11H,10H2,1-2H3,(H,19,20).